The van der Waals surface area contributed by atoms with Crippen LogP contribution in [0.25, 0.3) is 0 Å². The van der Waals surface area contributed by atoms with Crippen molar-refractivity contribution in [2.75, 3.05) is 6.61 Å². The largest absolute Gasteiger partial charge is 0.396 e. The molecule has 3 rings (SSSR count). The highest BCUT2D eigenvalue weighted by atomic mass is 16.5. The summed E-state index contributed by atoms with van der Waals surface area (Å²) in [5.74, 6) is 2.24. The van der Waals surface area contributed by atoms with Gasteiger partial charge in [-0.2, -0.15) is 4.98 Å². The molecule has 1 aromatic rings. The Morgan fingerprint density at radius 2 is 1.96 bits per heavy atom. The van der Waals surface area contributed by atoms with Crippen LogP contribution >= 0.6 is 0 Å². The summed E-state index contributed by atoms with van der Waals surface area (Å²) >= 11 is 0. The predicted octanol–water partition coefficient (Wildman–Crippen LogP) is 2.49. The Kier molecular flexibility index (Phi) is 5.38. The Labute approximate surface area is 142 Å². The fourth-order valence-corrected chi connectivity index (χ4v) is 3.25. The van der Waals surface area contributed by atoms with Gasteiger partial charge in [-0.3, -0.25) is 0 Å². The van der Waals surface area contributed by atoms with Crippen molar-refractivity contribution in [2.45, 2.75) is 70.4 Å². The van der Waals surface area contributed by atoms with E-state index in [-0.39, 0.29) is 30.6 Å². The average molecular weight is 336 g/mol. The Bertz CT molecular complexity index is 548. The van der Waals surface area contributed by atoms with Gasteiger partial charge in [0.1, 0.15) is 6.04 Å². The van der Waals surface area contributed by atoms with Crippen LogP contribution in [-0.2, 0) is 0 Å². The summed E-state index contributed by atoms with van der Waals surface area (Å²) < 4.78 is 5.38. The third kappa shape index (κ3) is 4.26. The molecule has 1 unspecified atom stereocenters. The number of carbonyl (C=O) groups excluding carboxylic acids is 1. The van der Waals surface area contributed by atoms with E-state index in [2.05, 4.69) is 20.8 Å². The van der Waals surface area contributed by atoms with Crippen LogP contribution in [-0.4, -0.2) is 33.9 Å². The van der Waals surface area contributed by atoms with E-state index in [0.717, 1.165) is 44.3 Å². The molecule has 0 aliphatic heterocycles. The summed E-state index contributed by atoms with van der Waals surface area (Å²) in [6.45, 7) is 4.30. The number of hydrogen-bond donors (Lipinski definition) is 3. The zero-order chi connectivity index (χ0) is 17.1. The molecule has 3 N–H and O–H groups in total. The summed E-state index contributed by atoms with van der Waals surface area (Å²) in [5.41, 5.74) is 0. The second kappa shape index (κ2) is 7.51. The van der Waals surface area contributed by atoms with Crippen molar-refractivity contribution in [1.29, 1.82) is 0 Å². The molecule has 2 fully saturated rings. The lowest BCUT2D eigenvalue weighted by atomic mass is 9.87. The first-order chi connectivity index (χ1) is 11.6. The van der Waals surface area contributed by atoms with Crippen molar-refractivity contribution in [3.05, 3.63) is 11.7 Å². The van der Waals surface area contributed by atoms with Crippen LogP contribution in [0.15, 0.2) is 4.52 Å². The zero-order valence-corrected chi connectivity index (χ0v) is 14.5. The van der Waals surface area contributed by atoms with Crippen LogP contribution in [0.5, 0.6) is 0 Å². The molecular formula is C17H28N4O3. The minimum absolute atomic E-state index is 0.161. The molecule has 2 aliphatic rings. The Balaban J connectivity index is 1.53. The quantitative estimate of drug-likeness (QED) is 0.741. The number of aliphatic hydroxyl groups excluding tert-OH is 1. The van der Waals surface area contributed by atoms with E-state index in [1.54, 1.807) is 0 Å². The van der Waals surface area contributed by atoms with E-state index >= 15 is 0 Å². The van der Waals surface area contributed by atoms with Gasteiger partial charge in [-0.1, -0.05) is 19.0 Å². The maximum atomic E-state index is 12.3. The molecule has 2 saturated carbocycles. The van der Waals surface area contributed by atoms with Gasteiger partial charge in [-0.25, -0.2) is 4.79 Å². The molecule has 0 radical (unpaired) electrons. The van der Waals surface area contributed by atoms with Crippen molar-refractivity contribution in [3.63, 3.8) is 0 Å². The number of aromatic nitrogens is 2. The highest BCUT2D eigenvalue weighted by molar-refractivity contribution is 5.74. The maximum Gasteiger partial charge on any atom is 0.315 e. The van der Waals surface area contributed by atoms with Crippen molar-refractivity contribution in [1.82, 2.24) is 20.8 Å². The van der Waals surface area contributed by atoms with Gasteiger partial charge in [0.25, 0.3) is 0 Å². The van der Waals surface area contributed by atoms with Crippen molar-refractivity contribution in [3.8, 4) is 0 Å². The van der Waals surface area contributed by atoms with Gasteiger partial charge in [-0.15, -0.1) is 0 Å². The Hall–Kier alpha value is -1.63. The second-order valence-electron chi connectivity index (χ2n) is 7.50. The monoisotopic (exact) mass is 336 g/mol. The highest BCUT2D eigenvalue weighted by Gasteiger charge is 2.32. The molecule has 134 valence electrons. The highest BCUT2D eigenvalue weighted by Crippen LogP contribution is 2.38. The van der Waals surface area contributed by atoms with E-state index in [9.17, 15) is 9.90 Å². The summed E-state index contributed by atoms with van der Waals surface area (Å²) in [6, 6.07) is -0.295. The molecule has 0 saturated heterocycles. The number of aliphatic hydroxyl groups is 1. The SMILES string of the molecule is CC(C)C(NC(=O)NC1CCC(CO)CC1)c1nc(C2CC2)no1. The topological polar surface area (TPSA) is 100 Å². The van der Waals surface area contributed by atoms with E-state index < -0.39 is 0 Å². The molecule has 2 aliphatic carbocycles. The standard InChI is InChI=1S/C17H28N4O3/c1-10(2)14(16-20-15(21-24-16)12-5-6-12)19-17(23)18-13-7-3-11(9-22)4-8-13/h10-14,22H,3-9H2,1-2H3,(H2,18,19,23). The zero-order valence-electron chi connectivity index (χ0n) is 14.5. The van der Waals surface area contributed by atoms with Crippen LogP contribution in [0.2, 0.25) is 0 Å². The van der Waals surface area contributed by atoms with Gasteiger partial charge in [-0.05, 0) is 50.4 Å². The maximum absolute atomic E-state index is 12.3. The minimum Gasteiger partial charge on any atom is -0.396 e. The van der Waals surface area contributed by atoms with Gasteiger partial charge in [0.05, 0.1) is 0 Å². The van der Waals surface area contributed by atoms with Crippen LogP contribution in [0.3, 0.4) is 0 Å². The molecule has 7 nitrogen and oxygen atoms in total. The fourth-order valence-electron chi connectivity index (χ4n) is 3.25. The third-order valence-electron chi connectivity index (χ3n) is 5.06. The molecule has 1 aromatic heterocycles. The van der Waals surface area contributed by atoms with Gasteiger partial charge >= 0.3 is 6.03 Å². The lowest BCUT2D eigenvalue weighted by Gasteiger charge is -2.29. The van der Waals surface area contributed by atoms with E-state index in [1.807, 2.05) is 13.8 Å². The molecule has 0 aromatic carbocycles. The number of carbonyl (C=O) groups is 1. The van der Waals surface area contributed by atoms with E-state index in [1.165, 1.54) is 0 Å². The van der Waals surface area contributed by atoms with Crippen molar-refractivity contribution in [2.24, 2.45) is 11.8 Å². The van der Waals surface area contributed by atoms with E-state index in [4.69, 9.17) is 4.52 Å². The van der Waals surface area contributed by atoms with Gasteiger partial charge in [0, 0.05) is 18.6 Å². The molecule has 7 heteroatoms. The minimum atomic E-state index is -0.279. The van der Waals surface area contributed by atoms with Gasteiger partial charge < -0.3 is 20.3 Å². The van der Waals surface area contributed by atoms with Gasteiger partial charge in [0.2, 0.25) is 5.89 Å². The summed E-state index contributed by atoms with van der Waals surface area (Å²) in [7, 11) is 0. The molecule has 0 bridgehead atoms. The second-order valence-corrected chi connectivity index (χ2v) is 7.50. The van der Waals surface area contributed by atoms with Crippen LogP contribution < -0.4 is 10.6 Å². The number of hydrogen-bond acceptors (Lipinski definition) is 5. The molecule has 2 amide bonds. The van der Waals surface area contributed by atoms with Crippen LogP contribution in [0.1, 0.15) is 76.0 Å². The molecule has 1 atom stereocenters. The smallest absolute Gasteiger partial charge is 0.315 e. The first-order valence-corrected chi connectivity index (χ1v) is 9.08. The molecule has 24 heavy (non-hydrogen) atoms. The number of urea groups is 1. The average Bonchev–Trinajstić information content (AvgIpc) is 3.31. The molecule has 1 heterocycles. The first-order valence-electron chi connectivity index (χ1n) is 9.08. The normalized spacial score (nSPS) is 25.5. The third-order valence-corrected chi connectivity index (χ3v) is 5.06. The summed E-state index contributed by atoms with van der Waals surface area (Å²) in [4.78, 5) is 16.8. The fraction of sp³-hybridized carbons (Fsp3) is 0.824. The predicted molar refractivity (Wildman–Crippen MR) is 88.4 cm³/mol. The number of amides is 2. The number of rotatable bonds is 6. The summed E-state index contributed by atoms with van der Waals surface area (Å²) in [5, 5.41) is 19.2. The van der Waals surface area contributed by atoms with E-state index in [0.29, 0.717) is 17.7 Å². The summed E-state index contributed by atoms with van der Waals surface area (Å²) in [6.07, 6.45) is 5.99. The van der Waals surface area contributed by atoms with Crippen LogP contribution in [0, 0.1) is 11.8 Å². The van der Waals surface area contributed by atoms with Crippen molar-refractivity contribution < 1.29 is 14.4 Å². The first kappa shape index (κ1) is 17.2. The number of nitrogens with one attached hydrogen (secondary N) is 2. The molecular weight excluding hydrogens is 308 g/mol. The van der Waals surface area contributed by atoms with Crippen LogP contribution in [0.4, 0.5) is 4.79 Å². The molecule has 0 spiro atoms. The number of nitrogens with zero attached hydrogens (tertiary/aromatic N) is 2. The lowest BCUT2D eigenvalue weighted by molar-refractivity contribution is 0.173. The van der Waals surface area contributed by atoms with Gasteiger partial charge in [0.15, 0.2) is 5.82 Å². The van der Waals surface area contributed by atoms with Crippen molar-refractivity contribution >= 4 is 6.03 Å². The Morgan fingerprint density at radius 3 is 2.54 bits per heavy atom. The lowest BCUT2D eigenvalue weighted by Crippen LogP contribution is -2.46. The Morgan fingerprint density at radius 1 is 1.25 bits per heavy atom.